The largest absolute Gasteiger partial charge is 0.493 e. The highest BCUT2D eigenvalue weighted by atomic mass is 35.5. The van der Waals surface area contributed by atoms with Crippen molar-refractivity contribution < 1.29 is 9.13 Å². The fourth-order valence-corrected chi connectivity index (χ4v) is 4.75. The summed E-state index contributed by atoms with van der Waals surface area (Å²) in [6.45, 7) is 0.672. The van der Waals surface area contributed by atoms with Gasteiger partial charge in [0, 0.05) is 23.0 Å². The number of ether oxygens (including phenoxy) is 1. The third kappa shape index (κ3) is 3.40. The van der Waals surface area contributed by atoms with Crippen molar-refractivity contribution in [1.29, 1.82) is 0 Å². The lowest BCUT2D eigenvalue weighted by atomic mass is 9.76. The van der Waals surface area contributed by atoms with Crippen LogP contribution in [0, 0.1) is 11.7 Å². The highest BCUT2D eigenvalue weighted by molar-refractivity contribution is 6.30. The first-order valence-corrected chi connectivity index (χ1v) is 9.35. The summed E-state index contributed by atoms with van der Waals surface area (Å²) in [6.07, 6.45) is 3.58. The summed E-state index contributed by atoms with van der Waals surface area (Å²) in [7, 11) is 2.23. The lowest BCUT2D eigenvalue weighted by Gasteiger charge is -2.43. The molecule has 2 fully saturated rings. The molecule has 2 aliphatic heterocycles. The van der Waals surface area contributed by atoms with Crippen molar-refractivity contribution in [3.8, 4) is 5.75 Å². The summed E-state index contributed by atoms with van der Waals surface area (Å²) in [5.74, 6) is 1.50. The number of hydrogen-bond donors (Lipinski definition) is 0. The van der Waals surface area contributed by atoms with Gasteiger partial charge in [0.2, 0.25) is 0 Å². The summed E-state index contributed by atoms with van der Waals surface area (Å²) in [5.41, 5.74) is 1.23. The van der Waals surface area contributed by atoms with E-state index in [0.717, 1.165) is 12.2 Å². The molecule has 0 aromatic heterocycles. The molecule has 0 amide bonds. The predicted octanol–water partition coefficient (Wildman–Crippen LogP) is 5.12. The van der Waals surface area contributed by atoms with Gasteiger partial charge in [-0.1, -0.05) is 23.7 Å². The number of piperidine rings is 1. The number of benzene rings is 2. The topological polar surface area (TPSA) is 12.5 Å². The van der Waals surface area contributed by atoms with Gasteiger partial charge in [0.15, 0.2) is 0 Å². The van der Waals surface area contributed by atoms with Gasteiger partial charge in [-0.15, -0.1) is 0 Å². The third-order valence-corrected chi connectivity index (χ3v) is 6.24. The minimum Gasteiger partial charge on any atom is -0.493 e. The Morgan fingerprint density at radius 1 is 1.08 bits per heavy atom. The first kappa shape index (κ1) is 16.9. The maximum atomic E-state index is 13.3. The molecule has 0 saturated carbocycles. The van der Waals surface area contributed by atoms with Crippen molar-refractivity contribution in [2.24, 2.45) is 5.92 Å². The van der Waals surface area contributed by atoms with Gasteiger partial charge in [0.25, 0.3) is 0 Å². The molecule has 132 valence electrons. The van der Waals surface area contributed by atoms with Crippen molar-refractivity contribution in [2.45, 2.75) is 37.3 Å². The van der Waals surface area contributed by atoms with E-state index in [-0.39, 0.29) is 5.82 Å². The molecule has 1 unspecified atom stereocenters. The second kappa shape index (κ2) is 6.97. The normalized spacial score (nSPS) is 28.9. The summed E-state index contributed by atoms with van der Waals surface area (Å²) in [4.78, 5) is 2.52. The second-order valence-corrected chi connectivity index (χ2v) is 7.72. The summed E-state index contributed by atoms with van der Waals surface area (Å²) in [6, 6.07) is 15.7. The van der Waals surface area contributed by atoms with Crippen LogP contribution in [0.1, 0.15) is 30.7 Å². The molecule has 0 radical (unpaired) electrons. The Morgan fingerprint density at radius 3 is 2.52 bits per heavy atom. The van der Waals surface area contributed by atoms with Crippen LogP contribution in [-0.2, 0) is 0 Å². The molecule has 0 N–H and O–H groups in total. The maximum Gasteiger partial charge on any atom is 0.123 e. The molecule has 4 rings (SSSR count). The minimum atomic E-state index is -0.173. The fourth-order valence-electron chi connectivity index (χ4n) is 4.62. The average molecular weight is 360 g/mol. The standard InChI is InChI=1S/C21H23ClFNO/c1-24-17-8-11-21(24)20(13-25-18-9-4-15(22)5-10-18)19(12-17)14-2-6-16(23)7-3-14/h2-7,9-10,17,19-21H,8,11-13H2,1H3/t17?,19-,20-,21-/m1/s1. The average Bonchev–Trinajstić information content (AvgIpc) is 2.86. The molecule has 2 heterocycles. The van der Waals surface area contributed by atoms with E-state index < -0.39 is 0 Å². The minimum absolute atomic E-state index is 0.173. The zero-order valence-corrected chi connectivity index (χ0v) is 15.1. The van der Waals surface area contributed by atoms with Gasteiger partial charge in [-0.25, -0.2) is 4.39 Å². The van der Waals surface area contributed by atoms with Crippen LogP contribution in [0.3, 0.4) is 0 Å². The van der Waals surface area contributed by atoms with Crippen molar-refractivity contribution >= 4 is 11.6 Å². The molecule has 2 saturated heterocycles. The van der Waals surface area contributed by atoms with Crippen LogP contribution in [0.4, 0.5) is 4.39 Å². The van der Waals surface area contributed by atoms with Gasteiger partial charge in [-0.05, 0) is 74.2 Å². The van der Waals surface area contributed by atoms with Crippen LogP contribution >= 0.6 is 11.6 Å². The molecular formula is C21H23ClFNO. The van der Waals surface area contributed by atoms with Crippen LogP contribution in [0.2, 0.25) is 5.02 Å². The number of rotatable bonds is 4. The van der Waals surface area contributed by atoms with Crippen molar-refractivity contribution in [3.63, 3.8) is 0 Å². The van der Waals surface area contributed by atoms with Crippen LogP contribution < -0.4 is 4.74 Å². The van der Waals surface area contributed by atoms with E-state index in [0.29, 0.717) is 35.5 Å². The van der Waals surface area contributed by atoms with E-state index in [1.54, 1.807) is 12.1 Å². The Balaban J connectivity index is 1.56. The Bertz CT molecular complexity index is 718. The summed E-state index contributed by atoms with van der Waals surface area (Å²) < 4.78 is 19.5. The highest BCUT2D eigenvalue weighted by Crippen LogP contribution is 2.46. The van der Waals surface area contributed by atoms with Gasteiger partial charge in [-0.2, -0.15) is 0 Å². The smallest absolute Gasteiger partial charge is 0.123 e. The zero-order chi connectivity index (χ0) is 17.4. The molecule has 4 heteroatoms. The number of nitrogens with zero attached hydrogens (tertiary/aromatic N) is 1. The molecule has 2 aliphatic rings. The first-order chi connectivity index (χ1) is 12.1. The van der Waals surface area contributed by atoms with Crippen LogP contribution in [0.15, 0.2) is 48.5 Å². The summed E-state index contributed by atoms with van der Waals surface area (Å²) in [5, 5.41) is 0.715. The van der Waals surface area contributed by atoms with E-state index >= 15 is 0 Å². The lowest BCUT2D eigenvalue weighted by Crippen LogP contribution is -2.47. The molecule has 2 aromatic rings. The van der Waals surface area contributed by atoms with Gasteiger partial charge in [0.1, 0.15) is 11.6 Å². The van der Waals surface area contributed by atoms with E-state index in [9.17, 15) is 4.39 Å². The Morgan fingerprint density at radius 2 is 1.80 bits per heavy atom. The molecule has 25 heavy (non-hydrogen) atoms. The van der Waals surface area contributed by atoms with E-state index in [2.05, 4.69) is 11.9 Å². The molecule has 2 bridgehead atoms. The number of halogens is 2. The Kier molecular flexibility index (Phi) is 4.70. The van der Waals surface area contributed by atoms with Gasteiger partial charge in [-0.3, -0.25) is 0 Å². The van der Waals surface area contributed by atoms with Crippen molar-refractivity contribution in [3.05, 3.63) is 64.9 Å². The molecule has 2 aromatic carbocycles. The quantitative estimate of drug-likeness (QED) is 0.750. The molecule has 0 spiro atoms. The van der Waals surface area contributed by atoms with Crippen molar-refractivity contribution in [1.82, 2.24) is 4.90 Å². The summed E-state index contributed by atoms with van der Waals surface area (Å²) >= 11 is 5.95. The molecule has 0 aliphatic carbocycles. The number of hydrogen-bond acceptors (Lipinski definition) is 2. The highest BCUT2D eigenvalue weighted by Gasteiger charge is 2.46. The fraction of sp³-hybridized carbons (Fsp3) is 0.429. The van der Waals surface area contributed by atoms with E-state index in [1.165, 1.54) is 18.4 Å². The molecule has 4 atom stereocenters. The SMILES string of the molecule is CN1C2CC[C@@H]1[C@H](COc1ccc(Cl)cc1)[C@@H](c1ccc(F)cc1)C2. The Hall–Kier alpha value is -1.58. The van der Waals surface area contributed by atoms with E-state index in [4.69, 9.17) is 16.3 Å². The zero-order valence-electron chi connectivity index (χ0n) is 14.4. The first-order valence-electron chi connectivity index (χ1n) is 8.97. The van der Waals surface area contributed by atoms with Gasteiger partial charge < -0.3 is 9.64 Å². The van der Waals surface area contributed by atoms with Crippen LogP contribution in [0.5, 0.6) is 5.75 Å². The molecular weight excluding hydrogens is 337 g/mol. The van der Waals surface area contributed by atoms with Crippen LogP contribution in [0.25, 0.3) is 0 Å². The van der Waals surface area contributed by atoms with Gasteiger partial charge in [0.05, 0.1) is 6.61 Å². The van der Waals surface area contributed by atoms with Crippen LogP contribution in [-0.4, -0.2) is 30.6 Å². The predicted molar refractivity (Wildman–Crippen MR) is 98.8 cm³/mol. The monoisotopic (exact) mass is 359 g/mol. The second-order valence-electron chi connectivity index (χ2n) is 7.29. The van der Waals surface area contributed by atoms with Gasteiger partial charge >= 0.3 is 0 Å². The Labute approximate surface area is 153 Å². The van der Waals surface area contributed by atoms with Crippen molar-refractivity contribution in [2.75, 3.05) is 13.7 Å². The third-order valence-electron chi connectivity index (χ3n) is 5.99. The lowest BCUT2D eigenvalue weighted by molar-refractivity contribution is 0.0665. The molecule has 2 nitrogen and oxygen atoms in total. The maximum absolute atomic E-state index is 13.3. The van der Waals surface area contributed by atoms with E-state index in [1.807, 2.05) is 36.4 Å². The number of fused-ring (bicyclic) bond motifs is 2.